The normalized spacial score (nSPS) is 11.0. The third-order valence-electron chi connectivity index (χ3n) is 5.06. The molecule has 4 aromatic carbocycles. The number of aromatic amines is 1. The minimum absolute atomic E-state index is 0.447. The molecule has 30 heavy (non-hydrogen) atoms. The highest BCUT2D eigenvalue weighted by Gasteiger charge is 2.11. The molecule has 0 atom stereocenters. The number of aryl methyl sites for hydroxylation is 1. The van der Waals surface area contributed by atoms with Gasteiger partial charge in [0.05, 0.1) is 16.1 Å². The summed E-state index contributed by atoms with van der Waals surface area (Å²) < 4.78 is 5.88. The van der Waals surface area contributed by atoms with Crippen LogP contribution in [0.15, 0.2) is 91.0 Å². The SMILES string of the molecule is Cc1cccc(Oc2nc3cc(-c4ccc(-c5ccccc5)cc4)c(Cl)cc3[nH]2)c1. The number of nitrogens with zero attached hydrogens (tertiary/aromatic N) is 1. The Morgan fingerprint density at radius 2 is 1.50 bits per heavy atom. The molecule has 0 unspecified atom stereocenters. The Hall–Kier alpha value is -3.56. The molecule has 4 heteroatoms. The van der Waals surface area contributed by atoms with Crippen molar-refractivity contribution in [3.05, 3.63) is 102 Å². The highest BCUT2D eigenvalue weighted by molar-refractivity contribution is 6.34. The number of aromatic nitrogens is 2. The number of nitrogens with one attached hydrogen (secondary N) is 1. The maximum atomic E-state index is 6.60. The zero-order valence-corrected chi connectivity index (χ0v) is 17.1. The number of hydrogen-bond acceptors (Lipinski definition) is 2. The Morgan fingerprint density at radius 1 is 0.767 bits per heavy atom. The lowest BCUT2D eigenvalue weighted by atomic mass is 10.00. The molecule has 0 spiro atoms. The van der Waals surface area contributed by atoms with Gasteiger partial charge in [0.25, 0.3) is 6.01 Å². The molecule has 0 saturated heterocycles. The fourth-order valence-corrected chi connectivity index (χ4v) is 3.81. The van der Waals surface area contributed by atoms with Crippen molar-refractivity contribution in [1.29, 1.82) is 0 Å². The minimum Gasteiger partial charge on any atom is -0.426 e. The van der Waals surface area contributed by atoms with E-state index >= 15 is 0 Å². The summed E-state index contributed by atoms with van der Waals surface area (Å²) >= 11 is 6.60. The molecule has 0 bridgehead atoms. The molecule has 0 aliphatic rings. The largest absolute Gasteiger partial charge is 0.426 e. The molecule has 0 aliphatic heterocycles. The average Bonchev–Trinajstić information content (AvgIpc) is 3.15. The zero-order valence-electron chi connectivity index (χ0n) is 16.4. The van der Waals surface area contributed by atoms with Crippen LogP contribution in [-0.2, 0) is 0 Å². The molecule has 1 aromatic heterocycles. The lowest BCUT2D eigenvalue weighted by Crippen LogP contribution is -1.86. The predicted molar refractivity (Wildman–Crippen MR) is 123 cm³/mol. The molecule has 1 N–H and O–H groups in total. The second kappa shape index (κ2) is 7.69. The summed E-state index contributed by atoms with van der Waals surface area (Å²) in [5.41, 5.74) is 7.13. The molecule has 0 radical (unpaired) electrons. The smallest absolute Gasteiger partial charge is 0.300 e. The Morgan fingerprint density at radius 3 is 2.27 bits per heavy atom. The van der Waals surface area contributed by atoms with Gasteiger partial charge in [0.2, 0.25) is 0 Å². The van der Waals surface area contributed by atoms with E-state index in [9.17, 15) is 0 Å². The van der Waals surface area contributed by atoms with Crippen LogP contribution in [-0.4, -0.2) is 9.97 Å². The summed E-state index contributed by atoms with van der Waals surface area (Å²) in [5.74, 6) is 0.747. The van der Waals surface area contributed by atoms with E-state index in [0.29, 0.717) is 11.0 Å². The third kappa shape index (κ3) is 3.68. The van der Waals surface area contributed by atoms with Crippen molar-refractivity contribution in [2.45, 2.75) is 6.92 Å². The van der Waals surface area contributed by atoms with Gasteiger partial charge >= 0.3 is 0 Å². The van der Waals surface area contributed by atoms with Gasteiger partial charge in [-0.15, -0.1) is 0 Å². The van der Waals surface area contributed by atoms with Crippen molar-refractivity contribution in [2.75, 3.05) is 0 Å². The quantitative estimate of drug-likeness (QED) is 0.330. The van der Waals surface area contributed by atoms with Crippen LogP contribution in [0.5, 0.6) is 11.8 Å². The lowest BCUT2D eigenvalue weighted by Gasteiger charge is -2.07. The zero-order chi connectivity index (χ0) is 20.5. The van der Waals surface area contributed by atoms with Crippen LogP contribution in [0.1, 0.15) is 5.56 Å². The van der Waals surface area contributed by atoms with Crippen LogP contribution in [0, 0.1) is 6.92 Å². The molecule has 0 fully saturated rings. The second-order valence-corrected chi connectivity index (χ2v) is 7.66. The number of hydrogen-bond donors (Lipinski definition) is 1. The maximum Gasteiger partial charge on any atom is 0.300 e. The maximum absolute atomic E-state index is 6.60. The average molecular weight is 411 g/mol. The van der Waals surface area contributed by atoms with E-state index in [1.807, 2.05) is 61.5 Å². The molecule has 0 aliphatic carbocycles. The fraction of sp³-hybridized carbons (Fsp3) is 0.0385. The van der Waals surface area contributed by atoms with E-state index in [4.69, 9.17) is 16.3 Å². The van der Waals surface area contributed by atoms with Crippen LogP contribution in [0.2, 0.25) is 5.02 Å². The van der Waals surface area contributed by atoms with Gasteiger partial charge in [-0.25, -0.2) is 0 Å². The molecule has 5 aromatic rings. The van der Waals surface area contributed by atoms with Crippen molar-refractivity contribution >= 4 is 22.6 Å². The Kier molecular flexibility index (Phi) is 4.74. The third-order valence-corrected chi connectivity index (χ3v) is 5.37. The van der Waals surface area contributed by atoms with Gasteiger partial charge in [0.15, 0.2) is 0 Å². The molecule has 3 nitrogen and oxygen atoms in total. The summed E-state index contributed by atoms with van der Waals surface area (Å²) in [6.07, 6.45) is 0. The summed E-state index contributed by atoms with van der Waals surface area (Å²) in [7, 11) is 0. The Balaban J connectivity index is 1.47. The second-order valence-electron chi connectivity index (χ2n) is 7.25. The first-order chi connectivity index (χ1) is 14.7. The van der Waals surface area contributed by atoms with Crippen LogP contribution in [0.4, 0.5) is 0 Å². The highest BCUT2D eigenvalue weighted by atomic mass is 35.5. The number of rotatable bonds is 4. The van der Waals surface area contributed by atoms with Crippen molar-refractivity contribution in [3.63, 3.8) is 0 Å². The van der Waals surface area contributed by atoms with Crippen LogP contribution >= 0.6 is 11.6 Å². The van der Waals surface area contributed by atoms with E-state index in [-0.39, 0.29) is 0 Å². The standard InChI is InChI=1S/C26H19ClN2O/c1-17-6-5-9-21(14-17)30-26-28-24-15-22(23(27)16-25(24)29-26)20-12-10-19(11-13-20)18-7-3-2-4-8-18/h2-16H,1H3,(H,28,29). The van der Waals surface area contributed by atoms with E-state index in [1.54, 1.807) is 0 Å². The summed E-state index contributed by atoms with van der Waals surface area (Å²) in [6, 6.07) is 30.9. The van der Waals surface area contributed by atoms with Crippen molar-refractivity contribution in [1.82, 2.24) is 9.97 Å². The van der Waals surface area contributed by atoms with Gasteiger partial charge in [-0.1, -0.05) is 78.3 Å². The van der Waals surface area contributed by atoms with E-state index in [2.05, 4.69) is 46.4 Å². The number of benzene rings is 4. The van der Waals surface area contributed by atoms with Gasteiger partial charge in [0.1, 0.15) is 5.75 Å². The summed E-state index contributed by atoms with van der Waals surface area (Å²) in [5, 5.41) is 0.667. The van der Waals surface area contributed by atoms with Crippen LogP contribution in [0.25, 0.3) is 33.3 Å². The lowest BCUT2D eigenvalue weighted by molar-refractivity contribution is 0.449. The van der Waals surface area contributed by atoms with Crippen molar-refractivity contribution in [3.8, 4) is 34.0 Å². The first-order valence-electron chi connectivity index (χ1n) is 9.75. The molecule has 146 valence electrons. The first-order valence-corrected chi connectivity index (χ1v) is 10.1. The molecule has 5 rings (SSSR count). The van der Waals surface area contributed by atoms with Gasteiger partial charge in [-0.3, -0.25) is 0 Å². The van der Waals surface area contributed by atoms with Crippen molar-refractivity contribution in [2.24, 2.45) is 0 Å². The van der Waals surface area contributed by atoms with Crippen LogP contribution < -0.4 is 4.74 Å². The number of halogens is 1. The molecule has 0 saturated carbocycles. The minimum atomic E-state index is 0.447. The summed E-state index contributed by atoms with van der Waals surface area (Å²) in [6.45, 7) is 2.03. The van der Waals surface area contributed by atoms with E-state index in [0.717, 1.165) is 33.5 Å². The Labute approximate surface area is 179 Å². The van der Waals surface area contributed by atoms with Crippen molar-refractivity contribution < 1.29 is 4.74 Å². The topological polar surface area (TPSA) is 37.9 Å². The monoisotopic (exact) mass is 410 g/mol. The summed E-state index contributed by atoms with van der Waals surface area (Å²) in [4.78, 5) is 7.79. The predicted octanol–water partition coefficient (Wildman–Crippen LogP) is 7.65. The highest BCUT2D eigenvalue weighted by Crippen LogP contribution is 2.34. The van der Waals surface area contributed by atoms with E-state index in [1.165, 1.54) is 11.1 Å². The van der Waals surface area contributed by atoms with Gasteiger partial charge < -0.3 is 9.72 Å². The molecular weight excluding hydrogens is 392 g/mol. The number of imidazole rings is 1. The number of fused-ring (bicyclic) bond motifs is 1. The van der Waals surface area contributed by atoms with Gasteiger partial charge in [-0.05, 0) is 53.4 Å². The fourth-order valence-electron chi connectivity index (χ4n) is 3.54. The number of H-pyrrole nitrogens is 1. The number of ether oxygens (including phenoxy) is 1. The van der Waals surface area contributed by atoms with Gasteiger partial charge in [0, 0.05) is 5.56 Å². The molecule has 1 heterocycles. The first kappa shape index (κ1) is 18.5. The Bertz CT molecular complexity index is 1320. The molecular formula is C26H19ClN2O. The van der Waals surface area contributed by atoms with Crippen LogP contribution in [0.3, 0.4) is 0 Å². The molecule has 0 amide bonds. The van der Waals surface area contributed by atoms with E-state index < -0.39 is 0 Å². The van der Waals surface area contributed by atoms with Gasteiger partial charge in [-0.2, -0.15) is 4.98 Å².